The fourth-order valence-corrected chi connectivity index (χ4v) is 9.36. The summed E-state index contributed by atoms with van der Waals surface area (Å²) in [5, 5.41) is 7.03. The molecule has 2 aliphatic heterocycles. The zero-order valence-corrected chi connectivity index (χ0v) is 36.1. The first-order valence-corrected chi connectivity index (χ1v) is 21.9. The number of nitrogens with one attached hydrogen (secondary N) is 3. The Bertz CT molecular complexity index is 2070. The number of pyridine rings is 1. The molecule has 1 saturated heterocycles. The lowest BCUT2D eigenvalue weighted by molar-refractivity contribution is -0.142. The molecule has 0 spiro atoms. The lowest BCUT2D eigenvalue weighted by Crippen LogP contribution is -2.60. The molecule has 4 amide bonds. The molecular formula is C42H59N5O11S. The summed E-state index contributed by atoms with van der Waals surface area (Å²) in [5.41, 5.74) is -2.43. The van der Waals surface area contributed by atoms with E-state index in [-0.39, 0.29) is 37.8 Å². The summed E-state index contributed by atoms with van der Waals surface area (Å²) in [6, 6.07) is 3.00. The van der Waals surface area contributed by atoms with E-state index < -0.39 is 79.7 Å². The molecule has 2 aliphatic carbocycles. The molecule has 0 radical (unpaired) electrons. The van der Waals surface area contributed by atoms with Crippen LogP contribution in [0.3, 0.4) is 0 Å². The van der Waals surface area contributed by atoms with E-state index in [1.54, 1.807) is 53.1 Å². The number of methoxy groups -OCH3 is 2. The molecule has 7 atom stereocenters. The quantitative estimate of drug-likeness (QED) is 0.270. The van der Waals surface area contributed by atoms with Gasteiger partial charge >= 0.3 is 6.09 Å². The van der Waals surface area contributed by atoms with Crippen molar-refractivity contribution in [3.63, 3.8) is 0 Å². The van der Waals surface area contributed by atoms with Gasteiger partial charge < -0.3 is 39.2 Å². The number of nitrogens with zero attached hydrogens (tertiary/aromatic N) is 2. The molecule has 6 rings (SSSR count). The van der Waals surface area contributed by atoms with E-state index in [0.29, 0.717) is 61.0 Å². The molecular weight excluding hydrogens is 783 g/mol. The number of allylic oxidation sites excluding steroid dienone is 1. The Morgan fingerprint density at radius 2 is 1.85 bits per heavy atom. The van der Waals surface area contributed by atoms with Crippen LogP contribution in [0.15, 0.2) is 36.5 Å². The number of fused-ring (bicyclic) bond motifs is 3. The largest absolute Gasteiger partial charge is 0.497 e. The third-order valence-electron chi connectivity index (χ3n) is 11.7. The van der Waals surface area contributed by atoms with Gasteiger partial charge in [-0.25, -0.2) is 18.2 Å². The van der Waals surface area contributed by atoms with Crippen molar-refractivity contribution >= 4 is 44.6 Å². The highest BCUT2D eigenvalue weighted by molar-refractivity contribution is 7.91. The molecule has 0 bridgehead atoms. The van der Waals surface area contributed by atoms with Crippen LogP contribution in [0.5, 0.6) is 17.4 Å². The Balaban J connectivity index is 1.39. The van der Waals surface area contributed by atoms with Gasteiger partial charge in [-0.2, -0.15) is 0 Å². The maximum absolute atomic E-state index is 15.1. The molecule has 59 heavy (non-hydrogen) atoms. The highest BCUT2D eigenvalue weighted by atomic mass is 32.2. The van der Waals surface area contributed by atoms with Gasteiger partial charge in [-0.3, -0.25) is 19.1 Å². The molecule has 324 valence electrons. The summed E-state index contributed by atoms with van der Waals surface area (Å²) in [5.74, 6) is -1.62. The van der Waals surface area contributed by atoms with Crippen LogP contribution in [0.2, 0.25) is 0 Å². The number of benzene rings is 1. The van der Waals surface area contributed by atoms with E-state index in [2.05, 4.69) is 27.3 Å². The SMILES string of the molecule is CCOc1cnc(O[C@@H]2C[C@H]3C(=O)N[C@]4(C(=O)NS(=O)(=O)C5(C)CC5)C[C@H]4/C=C\CC[C@H](C)C[C@@H](COC)[C@H](NC(=O)OC(C)(C)C)C(=O)N3C2)c2ccc(OC)cc12. The van der Waals surface area contributed by atoms with Crippen molar-refractivity contribution in [1.29, 1.82) is 0 Å². The molecule has 2 saturated carbocycles. The van der Waals surface area contributed by atoms with Gasteiger partial charge in [0.1, 0.15) is 40.8 Å². The second-order valence-corrected chi connectivity index (χ2v) is 19.8. The van der Waals surface area contributed by atoms with E-state index in [1.807, 2.05) is 25.1 Å². The fraction of sp³-hybridized carbons (Fsp3) is 0.643. The molecule has 3 fully saturated rings. The van der Waals surface area contributed by atoms with Gasteiger partial charge in [0.25, 0.3) is 5.91 Å². The molecule has 1 aromatic heterocycles. The third-order valence-corrected chi connectivity index (χ3v) is 13.9. The van der Waals surface area contributed by atoms with E-state index in [0.717, 1.165) is 0 Å². The predicted octanol–water partition coefficient (Wildman–Crippen LogP) is 4.40. The molecule has 4 aliphatic rings. The summed E-state index contributed by atoms with van der Waals surface area (Å²) < 4.78 is 56.8. The van der Waals surface area contributed by atoms with Gasteiger partial charge in [0.2, 0.25) is 27.7 Å². The highest BCUT2D eigenvalue weighted by Crippen LogP contribution is 2.48. The van der Waals surface area contributed by atoms with Crippen LogP contribution in [-0.4, -0.2) is 110 Å². The fourth-order valence-electron chi connectivity index (χ4n) is 8.05. The van der Waals surface area contributed by atoms with Gasteiger partial charge in [0.05, 0.1) is 37.8 Å². The number of carbonyl (C=O) groups excluding carboxylic acids is 4. The maximum Gasteiger partial charge on any atom is 0.408 e. The molecule has 0 unspecified atom stereocenters. The molecule has 3 N–H and O–H groups in total. The highest BCUT2D eigenvalue weighted by Gasteiger charge is 2.63. The van der Waals surface area contributed by atoms with Crippen molar-refractivity contribution in [3.05, 3.63) is 36.5 Å². The van der Waals surface area contributed by atoms with Gasteiger partial charge in [-0.05, 0) is 97.3 Å². The standard InChI is InChI=1S/C42H59N5O11S/c1-9-56-33-22-43-36(30-15-14-28(55-8)19-31(30)33)57-29-20-32-35(48)45-42(38(50)46-59(52,53)41(6)16-17-41)21-27(42)13-11-10-12-25(2)18-26(24-54-7)34(37(49)47(32)23-29)44-39(51)58-40(3,4)5/h11,13-15,19,22,25-27,29,32,34H,9-10,12,16-18,20-21,23-24H2,1-8H3,(H,44,51)(H,45,48)(H,46,50)/b13-11-/t25-,26-,27+,29+,32-,34-,42+/m0/s1. The number of alkyl carbamates (subject to hydrolysis) is 1. The summed E-state index contributed by atoms with van der Waals surface area (Å²) in [6.45, 7) is 11.1. The maximum atomic E-state index is 15.1. The molecule has 2 aromatic rings. The molecule has 16 nitrogen and oxygen atoms in total. The van der Waals surface area contributed by atoms with Crippen molar-refractivity contribution in [2.45, 2.75) is 121 Å². The predicted molar refractivity (Wildman–Crippen MR) is 218 cm³/mol. The first-order valence-electron chi connectivity index (χ1n) is 20.4. The topological polar surface area (TPSA) is 201 Å². The minimum atomic E-state index is -4.03. The number of rotatable bonds is 11. The van der Waals surface area contributed by atoms with E-state index in [9.17, 15) is 22.8 Å². The number of sulfonamides is 1. The summed E-state index contributed by atoms with van der Waals surface area (Å²) in [4.78, 5) is 63.1. The van der Waals surface area contributed by atoms with Crippen molar-refractivity contribution < 1.29 is 51.3 Å². The van der Waals surface area contributed by atoms with Gasteiger partial charge in [-0.15, -0.1) is 0 Å². The Labute approximate surface area is 346 Å². The molecule has 1 aromatic carbocycles. The zero-order valence-electron chi connectivity index (χ0n) is 35.3. The monoisotopic (exact) mass is 841 g/mol. The number of carbonyl (C=O) groups is 4. The minimum Gasteiger partial charge on any atom is -0.497 e. The van der Waals surface area contributed by atoms with E-state index >= 15 is 4.79 Å². The summed E-state index contributed by atoms with van der Waals surface area (Å²) in [7, 11) is -0.941. The first kappa shape index (κ1) is 43.9. The van der Waals surface area contributed by atoms with Gasteiger partial charge in [-0.1, -0.05) is 19.1 Å². The summed E-state index contributed by atoms with van der Waals surface area (Å²) in [6.07, 6.45) is 6.62. The number of aromatic nitrogens is 1. The Morgan fingerprint density at radius 1 is 1.10 bits per heavy atom. The van der Waals surface area contributed by atoms with Crippen LogP contribution in [-0.2, 0) is 33.9 Å². The smallest absolute Gasteiger partial charge is 0.408 e. The van der Waals surface area contributed by atoms with Gasteiger partial charge in [0, 0.05) is 36.1 Å². The van der Waals surface area contributed by atoms with Crippen LogP contribution in [0.25, 0.3) is 10.8 Å². The molecule has 3 heterocycles. The van der Waals surface area contributed by atoms with Crippen LogP contribution in [0.4, 0.5) is 4.79 Å². The Kier molecular flexibility index (Phi) is 12.8. The molecule has 17 heteroatoms. The van der Waals surface area contributed by atoms with Crippen LogP contribution in [0, 0.1) is 17.8 Å². The summed E-state index contributed by atoms with van der Waals surface area (Å²) >= 11 is 0. The van der Waals surface area contributed by atoms with Crippen LogP contribution in [0.1, 0.15) is 86.5 Å². The number of hydrogen-bond donors (Lipinski definition) is 3. The average molecular weight is 842 g/mol. The first-order chi connectivity index (χ1) is 27.8. The number of ether oxygens (including phenoxy) is 5. The third kappa shape index (κ3) is 9.72. The van der Waals surface area contributed by atoms with Crippen molar-refractivity contribution in [2.24, 2.45) is 17.8 Å². The Hall–Kier alpha value is -4.64. The lowest BCUT2D eigenvalue weighted by Gasteiger charge is -2.34. The van der Waals surface area contributed by atoms with Crippen molar-refractivity contribution in [2.75, 3.05) is 34.0 Å². The van der Waals surface area contributed by atoms with Crippen LogP contribution >= 0.6 is 0 Å². The van der Waals surface area contributed by atoms with Gasteiger partial charge in [0.15, 0.2) is 0 Å². The van der Waals surface area contributed by atoms with Crippen LogP contribution < -0.4 is 29.6 Å². The normalized spacial score (nSPS) is 28.8. The second-order valence-electron chi connectivity index (χ2n) is 17.6. The Morgan fingerprint density at radius 3 is 2.51 bits per heavy atom. The second kappa shape index (κ2) is 17.1. The van der Waals surface area contributed by atoms with Crippen molar-refractivity contribution in [1.82, 2.24) is 25.2 Å². The zero-order chi connectivity index (χ0) is 42.9. The lowest BCUT2D eigenvalue weighted by atomic mass is 9.87. The minimum absolute atomic E-state index is 0.0107. The van der Waals surface area contributed by atoms with E-state index in [1.165, 1.54) is 12.0 Å². The van der Waals surface area contributed by atoms with E-state index in [4.69, 9.17) is 23.7 Å². The number of hydrogen-bond acceptors (Lipinski definition) is 12. The number of amides is 4. The average Bonchev–Trinajstić information content (AvgIpc) is 4.05. The van der Waals surface area contributed by atoms with Crippen molar-refractivity contribution in [3.8, 4) is 17.4 Å².